The lowest BCUT2D eigenvalue weighted by Gasteiger charge is -2.13. The van der Waals surface area contributed by atoms with E-state index in [1.54, 1.807) is 11.3 Å². The van der Waals surface area contributed by atoms with Crippen LogP contribution < -0.4 is 0 Å². The highest BCUT2D eigenvalue weighted by atomic mass is 32.1. The molecule has 90 valence electrons. The van der Waals surface area contributed by atoms with Gasteiger partial charge in [0.2, 0.25) is 0 Å². The quantitative estimate of drug-likeness (QED) is 0.882. The number of nitrogens with zero attached hydrogens (tertiary/aromatic N) is 2. The molecule has 2 aromatic rings. The fourth-order valence-corrected chi connectivity index (χ4v) is 2.16. The zero-order valence-electron chi connectivity index (χ0n) is 9.29. The van der Waals surface area contributed by atoms with E-state index in [1.807, 2.05) is 17.3 Å². The van der Waals surface area contributed by atoms with Gasteiger partial charge in [0, 0.05) is 12.6 Å². The summed E-state index contributed by atoms with van der Waals surface area (Å²) in [7, 11) is 1.95. The molecule has 2 heterocycles. The smallest absolute Gasteiger partial charge is 0.358 e. The summed E-state index contributed by atoms with van der Waals surface area (Å²) in [4.78, 5) is 12.7. The molecular formula is C11H12N2O3S. The highest BCUT2D eigenvalue weighted by Gasteiger charge is 2.12. The van der Waals surface area contributed by atoms with Crippen molar-refractivity contribution in [2.24, 2.45) is 0 Å². The third kappa shape index (κ3) is 3.15. The fourth-order valence-electron chi connectivity index (χ4n) is 1.50. The van der Waals surface area contributed by atoms with Crippen molar-refractivity contribution in [3.63, 3.8) is 0 Å². The van der Waals surface area contributed by atoms with Gasteiger partial charge >= 0.3 is 5.97 Å². The maximum Gasteiger partial charge on any atom is 0.358 e. The molecule has 1 N–H and O–H groups in total. The number of carboxylic acid groups (broad SMARTS) is 1. The average Bonchev–Trinajstić information content (AvgIpc) is 2.88. The molecular weight excluding hydrogens is 240 g/mol. The highest BCUT2D eigenvalue weighted by Crippen LogP contribution is 2.11. The lowest BCUT2D eigenvalue weighted by Crippen LogP contribution is -2.16. The normalized spacial score (nSPS) is 10.9. The SMILES string of the molecule is CN(Cc1ccsc1)Cc1cc(C(=O)O)no1. The van der Waals surface area contributed by atoms with Crippen molar-refractivity contribution >= 4 is 17.3 Å². The Kier molecular flexibility index (Phi) is 3.55. The Morgan fingerprint density at radius 3 is 3.00 bits per heavy atom. The molecule has 0 saturated carbocycles. The van der Waals surface area contributed by atoms with Crippen LogP contribution in [0, 0.1) is 0 Å². The molecule has 0 radical (unpaired) electrons. The molecule has 0 bridgehead atoms. The van der Waals surface area contributed by atoms with E-state index in [-0.39, 0.29) is 5.69 Å². The summed E-state index contributed by atoms with van der Waals surface area (Å²) in [5, 5.41) is 16.3. The minimum atomic E-state index is -1.07. The van der Waals surface area contributed by atoms with Crippen LogP contribution in [0.4, 0.5) is 0 Å². The number of hydrogen-bond acceptors (Lipinski definition) is 5. The molecule has 0 unspecified atom stereocenters. The molecule has 0 aliphatic rings. The molecule has 0 spiro atoms. The summed E-state index contributed by atoms with van der Waals surface area (Å²) in [5.74, 6) is -0.513. The lowest BCUT2D eigenvalue weighted by atomic mass is 10.3. The highest BCUT2D eigenvalue weighted by molar-refractivity contribution is 7.07. The Bertz CT molecular complexity index is 493. The molecule has 0 aliphatic carbocycles. The Hall–Kier alpha value is -1.66. The van der Waals surface area contributed by atoms with E-state index in [1.165, 1.54) is 11.6 Å². The van der Waals surface area contributed by atoms with Crippen LogP contribution in [0.1, 0.15) is 21.8 Å². The third-order valence-electron chi connectivity index (χ3n) is 2.24. The Morgan fingerprint density at radius 2 is 2.41 bits per heavy atom. The first kappa shape index (κ1) is 11.8. The van der Waals surface area contributed by atoms with Gasteiger partial charge < -0.3 is 9.63 Å². The van der Waals surface area contributed by atoms with E-state index in [0.717, 1.165) is 6.54 Å². The maximum atomic E-state index is 10.6. The van der Waals surface area contributed by atoms with Crippen LogP contribution >= 0.6 is 11.3 Å². The Balaban J connectivity index is 1.93. The second-order valence-electron chi connectivity index (χ2n) is 3.79. The van der Waals surface area contributed by atoms with Gasteiger partial charge in [0.25, 0.3) is 0 Å². The number of aromatic nitrogens is 1. The van der Waals surface area contributed by atoms with Crippen molar-refractivity contribution in [2.45, 2.75) is 13.1 Å². The summed E-state index contributed by atoms with van der Waals surface area (Å²) in [6.45, 7) is 1.34. The van der Waals surface area contributed by atoms with Crippen LogP contribution in [-0.4, -0.2) is 28.2 Å². The van der Waals surface area contributed by atoms with Gasteiger partial charge in [0.1, 0.15) is 0 Å². The van der Waals surface area contributed by atoms with Gasteiger partial charge in [-0.15, -0.1) is 0 Å². The molecule has 0 atom stereocenters. The molecule has 0 aliphatic heterocycles. The van der Waals surface area contributed by atoms with Gasteiger partial charge in [-0.05, 0) is 29.4 Å². The maximum absolute atomic E-state index is 10.6. The van der Waals surface area contributed by atoms with Crippen LogP contribution in [0.3, 0.4) is 0 Å². The van der Waals surface area contributed by atoms with Crippen LogP contribution in [0.15, 0.2) is 27.4 Å². The van der Waals surface area contributed by atoms with Gasteiger partial charge in [-0.2, -0.15) is 11.3 Å². The summed E-state index contributed by atoms with van der Waals surface area (Å²) < 4.78 is 4.95. The van der Waals surface area contributed by atoms with Crippen LogP contribution in [0.25, 0.3) is 0 Å². The van der Waals surface area contributed by atoms with Gasteiger partial charge in [0.05, 0.1) is 6.54 Å². The van der Waals surface area contributed by atoms with Crippen molar-refractivity contribution in [2.75, 3.05) is 7.05 Å². The second kappa shape index (κ2) is 5.11. The van der Waals surface area contributed by atoms with Crippen molar-refractivity contribution in [3.8, 4) is 0 Å². The Labute approximate surface area is 102 Å². The van der Waals surface area contributed by atoms with E-state index in [4.69, 9.17) is 9.63 Å². The number of thiophene rings is 1. The molecule has 6 heteroatoms. The molecule has 0 amide bonds. The van der Waals surface area contributed by atoms with Crippen LogP contribution in [0.2, 0.25) is 0 Å². The minimum absolute atomic E-state index is 0.0519. The molecule has 17 heavy (non-hydrogen) atoms. The summed E-state index contributed by atoms with van der Waals surface area (Å²) >= 11 is 1.66. The van der Waals surface area contributed by atoms with Gasteiger partial charge in [-0.25, -0.2) is 4.79 Å². The number of hydrogen-bond donors (Lipinski definition) is 1. The molecule has 2 aromatic heterocycles. The van der Waals surface area contributed by atoms with E-state index in [2.05, 4.69) is 16.6 Å². The van der Waals surface area contributed by atoms with E-state index < -0.39 is 5.97 Å². The molecule has 0 aromatic carbocycles. The van der Waals surface area contributed by atoms with E-state index in [0.29, 0.717) is 12.3 Å². The van der Waals surface area contributed by atoms with Crippen LogP contribution in [0.5, 0.6) is 0 Å². The largest absolute Gasteiger partial charge is 0.476 e. The zero-order valence-corrected chi connectivity index (χ0v) is 10.1. The molecule has 5 nitrogen and oxygen atoms in total. The van der Waals surface area contributed by atoms with E-state index in [9.17, 15) is 4.79 Å². The number of carbonyl (C=O) groups is 1. The molecule has 0 saturated heterocycles. The number of aromatic carboxylic acids is 1. The topological polar surface area (TPSA) is 66.6 Å². The van der Waals surface area contributed by atoms with Gasteiger partial charge in [-0.1, -0.05) is 5.16 Å². The van der Waals surface area contributed by atoms with Gasteiger partial charge in [0.15, 0.2) is 11.5 Å². The zero-order chi connectivity index (χ0) is 12.3. The predicted octanol–water partition coefficient (Wildman–Crippen LogP) is 2.07. The number of rotatable bonds is 5. The average molecular weight is 252 g/mol. The minimum Gasteiger partial charge on any atom is -0.476 e. The second-order valence-corrected chi connectivity index (χ2v) is 4.57. The monoisotopic (exact) mass is 252 g/mol. The standard InChI is InChI=1S/C11H12N2O3S/c1-13(5-8-2-3-17-7-8)6-9-4-10(11(14)15)12-16-9/h2-4,7H,5-6H2,1H3,(H,14,15). The van der Waals surface area contributed by atoms with Crippen molar-refractivity contribution in [1.82, 2.24) is 10.1 Å². The predicted molar refractivity (Wildman–Crippen MR) is 63.0 cm³/mol. The van der Waals surface area contributed by atoms with Crippen molar-refractivity contribution in [3.05, 3.63) is 39.9 Å². The molecule has 0 fully saturated rings. The summed E-state index contributed by atoms with van der Waals surface area (Å²) in [6, 6.07) is 3.51. The third-order valence-corrected chi connectivity index (χ3v) is 2.97. The van der Waals surface area contributed by atoms with E-state index >= 15 is 0 Å². The van der Waals surface area contributed by atoms with Crippen molar-refractivity contribution in [1.29, 1.82) is 0 Å². The molecule has 2 rings (SSSR count). The summed E-state index contributed by atoms with van der Waals surface area (Å²) in [5.41, 5.74) is 1.18. The van der Waals surface area contributed by atoms with Crippen molar-refractivity contribution < 1.29 is 14.4 Å². The summed E-state index contributed by atoms with van der Waals surface area (Å²) in [6.07, 6.45) is 0. The van der Waals surface area contributed by atoms with Crippen LogP contribution in [-0.2, 0) is 13.1 Å². The first-order chi connectivity index (χ1) is 8.15. The first-order valence-electron chi connectivity index (χ1n) is 5.03. The Morgan fingerprint density at radius 1 is 1.59 bits per heavy atom. The van der Waals surface area contributed by atoms with Gasteiger partial charge in [-0.3, -0.25) is 4.90 Å². The number of carboxylic acids is 1. The first-order valence-corrected chi connectivity index (χ1v) is 5.98. The lowest BCUT2D eigenvalue weighted by molar-refractivity contribution is 0.0685. The fraction of sp³-hybridized carbons (Fsp3) is 0.273.